The first kappa shape index (κ1) is 16.9. The van der Waals surface area contributed by atoms with E-state index >= 15 is 0 Å². The first-order valence-electron chi connectivity index (χ1n) is 9.59. The molecule has 4 aliphatic heterocycles. The van der Waals surface area contributed by atoms with Crippen molar-refractivity contribution in [3.63, 3.8) is 0 Å². The highest BCUT2D eigenvalue weighted by Crippen LogP contribution is 2.35. The third-order valence-corrected chi connectivity index (χ3v) is 6.64. The Balaban J connectivity index is 1.22. The van der Waals surface area contributed by atoms with Crippen molar-refractivity contribution in [2.45, 2.75) is 37.5 Å². The Morgan fingerprint density at radius 2 is 2.00 bits per heavy atom. The van der Waals surface area contributed by atoms with Gasteiger partial charge in [0.15, 0.2) is 5.17 Å². The second-order valence-electron chi connectivity index (χ2n) is 7.35. The second kappa shape index (κ2) is 7.09. The van der Waals surface area contributed by atoms with Gasteiger partial charge in [-0.15, -0.1) is 0 Å². The molecule has 27 heavy (non-hydrogen) atoms. The van der Waals surface area contributed by atoms with Crippen LogP contribution < -0.4 is 10.9 Å². The number of hydrogen-bond donors (Lipinski definition) is 2. The number of benzene rings is 1. The predicted octanol–water partition coefficient (Wildman–Crippen LogP) is 1.65. The van der Waals surface area contributed by atoms with Crippen LogP contribution in [0.15, 0.2) is 47.8 Å². The second-order valence-corrected chi connectivity index (χ2v) is 8.30. The Bertz CT molecular complexity index is 763. The Labute approximate surface area is 163 Å². The van der Waals surface area contributed by atoms with Crippen molar-refractivity contribution < 1.29 is 4.79 Å². The number of hydrazine groups is 1. The van der Waals surface area contributed by atoms with E-state index in [0.29, 0.717) is 11.8 Å². The van der Waals surface area contributed by atoms with E-state index in [1.54, 1.807) is 0 Å². The molecule has 7 nitrogen and oxygen atoms in total. The van der Waals surface area contributed by atoms with Crippen molar-refractivity contribution in [3.8, 4) is 0 Å². The van der Waals surface area contributed by atoms with Crippen molar-refractivity contribution in [2.24, 2.45) is 5.10 Å². The van der Waals surface area contributed by atoms with E-state index < -0.39 is 0 Å². The third-order valence-electron chi connectivity index (χ3n) is 5.69. The van der Waals surface area contributed by atoms with E-state index in [9.17, 15) is 4.79 Å². The van der Waals surface area contributed by atoms with Gasteiger partial charge in [-0.1, -0.05) is 42.1 Å². The number of nitrogens with zero attached hydrogens (tertiary/aromatic N) is 4. The van der Waals surface area contributed by atoms with Crippen molar-refractivity contribution in [1.82, 2.24) is 25.7 Å². The minimum Gasteiger partial charge on any atom is -0.342 e. The first-order chi connectivity index (χ1) is 13.3. The summed E-state index contributed by atoms with van der Waals surface area (Å²) < 4.78 is 0. The van der Waals surface area contributed by atoms with E-state index in [1.165, 1.54) is 17.3 Å². The molecule has 0 saturated carbocycles. The number of amides is 1. The van der Waals surface area contributed by atoms with E-state index in [1.807, 2.05) is 17.2 Å². The quantitative estimate of drug-likeness (QED) is 0.826. The van der Waals surface area contributed by atoms with Crippen LogP contribution in [0.4, 0.5) is 0 Å². The molecule has 0 spiro atoms. The number of amidine groups is 1. The molecule has 142 valence electrons. The Kier molecular flexibility index (Phi) is 4.45. The lowest BCUT2D eigenvalue weighted by molar-refractivity contribution is -0.127. The van der Waals surface area contributed by atoms with Crippen LogP contribution in [-0.2, 0) is 4.79 Å². The number of nitrogens with one attached hydrogen (secondary N) is 2. The number of hydrazone groups is 1. The topological polar surface area (TPSA) is 63.2 Å². The van der Waals surface area contributed by atoms with Crippen LogP contribution >= 0.6 is 11.8 Å². The number of thioether (sulfide) groups is 1. The molecule has 5 rings (SSSR count). The van der Waals surface area contributed by atoms with E-state index in [0.717, 1.165) is 37.5 Å². The third kappa shape index (κ3) is 3.17. The number of carbonyl (C=O) groups is 1. The van der Waals surface area contributed by atoms with E-state index in [-0.39, 0.29) is 18.1 Å². The largest absolute Gasteiger partial charge is 0.342 e. The number of rotatable bonds is 3. The molecule has 2 fully saturated rings. The highest BCUT2D eigenvalue weighted by Gasteiger charge is 2.44. The van der Waals surface area contributed by atoms with Crippen LogP contribution in [0.25, 0.3) is 0 Å². The summed E-state index contributed by atoms with van der Waals surface area (Å²) in [5.41, 5.74) is 8.17. The first-order valence-corrected chi connectivity index (χ1v) is 10.6. The van der Waals surface area contributed by atoms with Crippen LogP contribution in [0.5, 0.6) is 0 Å². The molecule has 0 aliphatic carbocycles. The van der Waals surface area contributed by atoms with E-state index in [4.69, 9.17) is 0 Å². The molecule has 8 heteroatoms. The molecule has 0 aromatic heterocycles. The van der Waals surface area contributed by atoms with Gasteiger partial charge >= 0.3 is 0 Å². The number of hydrogen-bond acceptors (Lipinski definition) is 7. The zero-order valence-electron chi connectivity index (χ0n) is 15.1. The van der Waals surface area contributed by atoms with Crippen LogP contribution in [0.2, 0.25) is 0 Å². The van der Waals surface area contributed by atoms with Gasteiger partial charge in [0.2, 0.25) is 5.91 Å². The molecule has 2 saturated heterocycles. The maximum absolute atomic E-state index is 12.3. The highest BCUT2D eigenvalue weighted by atomic mass is 32.2. The van der Waals surface area contributed by atoms with Crippen LogP contribution in [0.1, 0.15) is 30.9 Å². The van der Waals surface area contributed by atoms with Gasteiger partial charge in [-0.3, -0.25) is 10.2 Å². The fourth-order valence-electron chi connectivity index (χ4n) is 4.24. The molecule has 3 atom stereocenters. The average Bonchev–Trinajstić information content (AvgIpc) is 3.45. The van der Waals surface area contributed by atoms with Crippen molar-refractivity contribution >= 4 is 22.8 Å². The lowest BCUT2D eigenvalue weighted by atomic mass is 10.00. The maximum atomic E-state index is 12.3. The zero-order valence-corrected chi connectivity index (χ0v) is 15.9. The van der Waals surface area contributed by atoms with E-state index in [2.05, 4.69) is 56.3 Å². The van der Waals surface area contributed by atoms with Gasteiger partial charge < -0.3 is 14.8 Å². The van der Waals surface area contributed by atoms with Gasteiger partial charge in [-0.2, -0.15) is 5.10 Å². The standard InChI is InChI=1S/C19H24N6OS/c26-17(23-8-4-5-9-23)13-27-19-21-20-18-16-12-15(14-6-2-1-3-7-14)22-25(16)11-10-24(18)19/h1-3,6-7,10-11,15-16,18,20,22H,4-5,8-9,12-13H2. The Hall–Kier alpha value is -2.19. The lowest BCUT2D eigenvalue weighted by Gasteiger charge is -2.36. The normalized spacial score (nSPS) is 28.8. The molecule has 2 N–H and O–H groups in total. The molecule has 1 aromatic rings. The fourth-order valence-corrected chi connectivity index (χ4v) is 5.11. The molecule has 4 aliphatic rings. The summed E-state index contributed by atoms with van der Waals surface area (Å²) in [7, 11) is 0. The van der Waals surface area contributed by atoms with Gasteiger partial charge in [0.05, 0.1) is 17.8 Å². The summed E-state index contributed by atoms with van der Waals surface area (Å²) in [6.45, 7) is 1.81. The molecule has 0 bridgehead atoms. The van der Waals surface area contributed by atoms with Gasteiger partial charge in [0.1, 0.15) is 6.17 Å². The molecule has 1 aromatic carbocycles. The summed E-state index contributed by atoms with van der Waals surface area (Å²) in [5.74, 6) is 0.676. The van der Waals surface area contributed by atoms with Crippen LogP contribution in [0, 0.1) is 0 Å². The number of likely N-dealkylation sites (tertiary alicyclic amines) is 1. The molecule has 1 amide bonds. The van der Waals surface area contributed by atoms with Crippen molar-refractivity contribution in [3.05, 3.63) is 48.3 Å². The smallest absolute Gasteiger partial charge is 0.233 e. The van der Waals surface area contributed by atoms with Gasteiger partial charge in [0, 0.05) is 25.5 Å². The van der Waals surface area contributed by atoms with Crippen molar-refractivity contribution in [2.75, 3.05) is 18.8 Å². The molecular weight excluding hydrogens is 360 g/mol. The number of carbonyl (C=O) groups excluding carboxylic acids is 1. The van der Waals surface area contributed by atoms with Crippen LogP contribution in [-0.4, -0.2) is 56.9 Å². The molecule has 4 heterocycles. The minimum atomic E-state index is 0.0978. The summed E-state index contributed by atoms with van der Waals surface area (Å²) in [4.78, 5) is 16.4. The van der Waals surface area contributed by atoms with Gasteiger partial charge in [-0.25, -0.2) is 5.43 Å². The molecular formula is C19H24N6OS. The lowest BCUT2D eigenvalue weighted by Crippen LogP contribution is -2.54. The fraction of sp³-hybridized carbons (Fsp3) is 0.474. The summed E-state index contributed by atoms with van der Waals surface area (Å²) in [6.07, 6.45) is 7.48. The van der Waals surface area contributed by atoms with Gasteiger partial charge in [-0.05, 0) is 24.8 Å². The number of fused-ring (bicyclic) bond motifs is 3. The summed E-state index contributed by atoms with van der Waals surface area (Å²) >= 11 is 1.53. The monoisotopic (exact) mass is 384 g/mol. The van der Waals surface area contributed by atoms with Gasteiger partial charge in [0.25, 0.3) is 0 Å². The Morgan fingerprint density at radius 3 is 2.81 bits per heavy atom. The summed E-state index contributed by atoms with van der Waals surface area (Å²) in [5, 5.41) is 7.58. The zero-order chi connectivity index (χ0) is 18.2. The molecule has 3 unspecified atom stereocenters. The minimum absolute atomic E-state index is 0.0978. The molecule has 0 radical (unpaired) electrons. The maximum Gasteiger partial charge on any atom is 0.233 e. The average molecular weight is 385 g/mol. The van der Waals surface area contributed by atoms with Crippen LogP contribution in [0.3, 0.4) is 0 Å². The summed E-state index contributed by atoms with van der Waals surface area (Å²) in [6, 6.07) is 11.1. The predicted molar refractivity (Wildman–Crippen MR) is 106 cm³/mol. The SMILES string of the molecule is O=C(CSC1=NNC2C3CC(c4ccccc4)NN3C=CN12)N1CCCC1. The highest BCUT2D eigenvalue weighted by molar-refractivity contribution is 8.14. The Morgan fingerprint density at radius 1 is 1.19 bits per heavy atom. The van der Waals surface area contributed by atoms with Crippen molar-refractivity contribution in [1.29, 1.82) is 0 Å².